The van der Waals surface area contributed by atoms with Gasteiger partial charge in [-0.05, 0) is 26.0 Å². The molecule has 1 saturated carbocycles. The number of hydrogen-bond acceptors (Lipinski definition) is 5. The minimum atomic E-state index is -4.60. The minimum Gasteiger partial charge on any atom is -0.489 e. The Bertz CT molecular complexity index is 680. The molecule has 4 N–H and O–H groups in total. The van der Waals surface area contributed by atoms with Gasteiger partial charge in [0.1, 0.15) is 12.4 Å². The van der Waals surface area contributed by atoms with Crippen LogP contribution in [0.25, 0.3) is 0 Å². The van der Waals surface area contributed by atoms with Crippen molar-refractivity contribution in [2.24, 2.45) is 17.6 Å². The molecule has 6 nitrogen and oxygen atoms in total. The lowest BCUT2D eigenvalue weighted by Crippen LogP contribution is -2.50. The van der Waals surface area contributed by atoms with Gasteiger partial charge in [-0.3, -0.25) is 4.79 Å². The number of piperidine rings is 1. The van der Waals surface area contributed by atoms with Crippen LogP contribution in [-0.4, -0.2) is 41.7 Å². The number of nitrogens with two attached hydrogens (primary N) is 1. The van der Waals surface area contributed by atoms with Crippen LogP contribution in [0.5, 0.6) is 5.75 Å². The first-order valence-electron chi connectivity index (χ1n) is 8.01. The molecule has 2 aliphatic rings. The van der Waals surface area contributed by atoms with Crippen molar-refractivity contribution >= 4 is 5.91 Å². The lowest BCUT2D eigenvalue weighted by Gasteiger charge is -2.27. The van der Waals surface area contributed by atoms with Crippen molar-refractivity contribution in [3.63, 3.8) is 0 Å². The van der Waals surface area contributed by atoms with Crippen molar-refractivity contribution < 1.29 is 22.7 Å². The average Bonchev–Trinajstić information content (AvgIpc) is 2.90. The molecule has 25 heavy (non-hydrogen) atoms. The van der Waals surface area contributed by atoms with Crippen molar-refractivity contribution in [2.75, 3.05) is 19.7 Å². The monoisotopic (exact) mass is 358 g/mol. The number of nitrogens with zero attached hydrogens (tertiary/aromatic N) is 1. The number of fused-ring (bicyclic) bond motifs is 1. The molecule has 3 rings (SSSR count). The number of alkyl halides is 3. The molecule has 0 bridgehead atoms. The number of rotatable bonds is 5. The summed E-state index contributed by atoms with van der Waals surface area (Å²) in [7, 11) is 0. The molecule has 0 radical (unpaired) electrons. The molecule has 1 saturated heterocycles. The van der Waals surface area contributed by atoms with E-state index >= 15 is 0 Å². The van der Waals surface area contributed by atoms with E-state index in [2.05, 4.69) is 15.6 Å². The molecule has 9 heteroatoms. The van der Waals surface area contributed by atoms with E-state index in [1.807, 2.05) is 0 Å². The maximum atomic E-state index is 12.9. The maximum absolute atomic E-state index is 12.9. The van der Waals surface area contributed by atoms with Crippen LogP contribution in [0.3, 0.4) is 0 Å². The molecule has 1 amide bonds. The summed E-state index contributed by atoms with van der Waals surface area (Å²) in [4.78, 5) is 15.7. The van der Waals surface area contributed by atoms with Crippen LogP contribution in [0, 0.1) is 11.8 Å². The highest BCUT2D eigenvalue weighted by Crippen LogP contribution is 2.51. The van der Waals surface area contributed by atoms with E-state index in [9.17, 15) is 18.0 Å². The number of ether oxygens (including phenoxy) is 1. The Morgan fingerprint density at radius 1 is 1.52 bits per heavy atom. The SMILES string of the molecule is CC(C)(COc1cccnc1C(F)(F)F)NC(=O)C1C2CNCC21N. The molecule has 1 aromatic heterocycles. The molecule has 3 unspecified atom stereocenters. The number of carbonyl (C=O) groups excluding carboxylic acids is 1. The third-order valence-corrected chi connectivity index (χ3v) is 4.73. The first-order chi connectivity index (χ1) is 11.5. The summed E-state index contributed by atoms with van der Waals surface area (Å²) >= 11 is 0. The van der Waals surface area contributed by atoms with Crippen LogP contribution in [-0.2, 0) is 11.0 Å². The van der Waals surface area contributed by atoms with Gasteiger partial charge in [0.15, 0.2) is 5.69 Å². The first kappa shape index (κ1) is 17.9. The normalized spacial score (nSPS) is 28.4. The Morgan fingerprint density at radius 3 is 2.84 bits per heavy atom. The zero-order valence-electron chi connectivity index (χ0n) is 14.0. The summed E-state index contributed by atoms with van der Waals surface area (Å²) in [5, 5.41) is 5.96. The smallest absolute Gasteiger partial charge is 0.437 e. The highest BCUT2D eigenvalue weighted by molar-refractivity contribution is 5.85. The molecule has 1 aromatic rings. The van der Waals surface area contributed by atoms with Gasteiger partial charge in [-0.2, -0.15) is 13.2 Å². The number of amides is 1. The van der Waals surface area contributed by atoms with Gasteiger partial charge in [0.2, 0.25) is 5.91 Å². The zero-order valence-corrected chi connectivity index (χ0v) is 14.0. The van der Waals surface area contributed by atoms with E-state index in [0.717, 1.165) is 6.20 Å². The number of carbonyl (C=O) groups is 1. The van der Waals surface area contributed by atoms with Gasteiger partial charge < -0.3 is 21.1 Å². The predicted octanol–water partition coefficient (Wildman–Crippen LogP) is 0.921. The molecule has 1 aliphatic heterocycles. The van der Waals surface area contributed by atoms with E-state index in [-0.39, 0.29) is 30.1 Å². The van der Waals surface area contributed by atoms with Crippen LogP contribution in [0.4, 0.5) is 13.2 Å². The van der Waals surface area contributed by atoms with Crippen LogP contribution < -0.4 is 21.1 Å². The van der Waals surface area contributed by atoms with Crippen LogP contribution in [0.2, 0.25) is 0 Å². The highest BCUT2D eigenvalue weighted by atomic mass is 19.4. The summed E-state index contributed by atoms with van der Waals surface area (Å²) in [5.74, 6) is -0.707. The van der Waals surface area contributed by atoms with E-state index in [1.54, 1.807) is 13.8 Å². The summed E-state index contributed by atoms with van der Waals surface area (Å²) in [6.07, 6.45) is -3.54. The number of aromatic nitrogens is 1. The Hall–Kier alpha value is -1.87. The van der Waals surface area contributed by atoms with Gasteiger partial charge in [0, 0.05) is 30.7 Å². The quantitative estimate of drug-likeness (QED) is 0.728. The van der Waals surface area contributed by atoms with Gasteiger partial charge in [0.25, 0.3) is 0 Å². The van der Waals surface area contributed by atoms with Gasteiger partial charge in [-0.1, -0.05) is 0 Å². The molecule has 138 valence electrons. The van der Waals surface area contributed by atoms with E-state index in [1.165, 1.54) is 12.1 Å². The lowest BCUT2D eigenvalue weighted by molar-refractivity contribution is -0.143. The largest absolute Gasteiger partial charge is 0.489 e. The molecule has 1 aliphatic carbocycles. The standard InChI is InChI=1S/C16H21F3N4O2/c1-14(2,23-13(24)11-9-6-21-7-15(9,11)20)8-25-10-4-3-5-22-12(10)16(17,18)19/h3-5,9,11,21H,6-8,20H2,1-2H3,(H,23,24). The second-order valence-corrected chi connectivity index (χ2v) is 7.34. The predicted molar refractivity (Wildman–Crippen MR) is 83.7 cm³/mol. The first-order valence-corrected chi connectivity index (χ1v) is 8.01. The lowest BCUT2D eigenvalue weighted by atomic mass is 10.1. The van der Waals surface area contributed by atoms with Crippen molar-refractivity contribution in [1.82, 2.24) is 15.6 Å². The number of nitrogens with one attached hydrogen (secondary N) is 2. The van der Waals surface area contributed by atoms with Crippen LogP contribution in [0.1, 0.15) is 19.5 Å². The van der Waals surface area contributed by atoms with E-state index in [4.69, 9.17) is 10.5 Å². The fraction of sp³-hybridized carbons (Fsp3) is 0.625. The van der Waals surface area contributed by atoms with Gasteiger partial charge in [-0.15, -0.1) is 0 Å². The maximum Gasteiger partial charge on any atom is 0.437 e. The summed E-state index contributed by atoms with van der Waals surface area (Å²) in [6, 6.07) is 2.58. The molecule has 0 aromatic carbocycles. The van der Waals surface area contributed by atoms with E-state index in [0.29, 0.717) is 13.1 Å². The molecule has 2 fully saturated rings. The molecular weight excluding hydrogens is 337 g/mol. The Labute approximate surface area is 143 Å². The molecule has 2 heterocycles. The molecule has 3 atom stereocenters. The highest BCUT2D eigenvalue weighted by Gasteiger charge is 2.68. The topological polar surface area (TPSA) is 89.3 Å². The number of hydrogen-bond donors (Lipinski definition) is 3. The van der Waals surface area contributed by atoms with Crippen LogP contribution in [0.15, 0.2) is 18.3 Å². The number of pyridine rings is 1. The minimum absolute atomic E-state index is 0.111. The third kappa shape index (κ3) is 3.43. The van der Waals surface area contributed by atoms with Gasteiger partial charge in [-0.25, -0.2) is 4.98 Å². The molecule has 0 spiro atoms. The van der Waals surface area contributed by atoms with Crippen molar-refractivity contribution in [3.05, 3.63) is 24.0 Å². The summed E-state index contributed by atoms with van der Waals surface area (Å²) < 4.78 is 44.1. The zero-order chi connectivity index (χ0) is 18.5. The van der Waals surface area contributed by atoms with Gasteiger partial charge in [0.05, 0.1) is 11.5 Å². The second kappa shape index (κ2) is 5.84. The van der Waals surface area contributed by atoms with Crippen molar-refractivity contribution in [3.8, 4) is 5.75 Å². The molecular formula is C16H21F3N4O2. The summed E-state index contributed by atoms with van der Waals surface area (Å²) in [5.41, 5.74) is 3.72. The average molecular weight is 358 g/mol. The van der Waals surface area contributed by atoms with E-state index < -0.39 is 22.9 Å². The fourth-order valence-corrected chi connectivity index (χ4v) is 3.39. The summed E-state index contributed by atoms with van der Waals surface area (Å²) in [6.45, 7) is 4.55. The third-order valence-electron chi connectivity index (χ3n) is 4.73. The van der Waals surface area contributed by atoms with Crippen LogP contribution >= 0.6 is 0 Å². The van der Waals surface area contributed by atoms with Gasteiger partial charge >= 0.3 is 6.18 Å². The second-order valence-electron chi connectivity index (χ2n) is 7.34. The fourth-order valence-electron chi connectivity index (χ4n) is 3.39. The Morgan fingerprint density at radius 2 is 2.24 bits per heavy atom. The van der Waals surface area contributed by atoms with Crippen molar-refractivity contribution in [1.29, 1.82) is 0 Å². The van der Waals surface area contributed by atoms with Crippen molar-refractivity contribution in [2.45, 2.75) is 31.1 Å². The Kier molecular flexibility index (Phi) is 4.19. The number of halogens is 3. The Balaban J connectivity index is 1.60.